The summed E-state index contributed by atoms with van der Waals surface area (Å²) < 4.78 is 5.30. The molecule has 0 radical (unpaired) electrons. The van der Waals surface area contributed by atoms with Gasteiger partial charge in [-0.25, -0.2) is 0 Å². The Bertz CT molecular complexity index is 2440. The van der Waals surface area contributed by atoms with Crippen molar-refractivity contribution >= 4 is 70.9 Å². The van der Waals surface area contributed by atoms with E-state index < -0.39 is 169 Å². The zero-order chi connectivity index (χ0) is 65.5. The van der Waals surface area contributed by atoms with Crippen molar-refractivity contribution in [1.82, 2.24) is 58.5 Å². The summed E-state index contributed by atoms with van der Waals surface area (Å²) >= 11 is 0. The van der Waals surface area contributed by atoms with Gasteiger partial charge in [-0.15, -0.1) is 0 Å². The third-order valence-electron chi connectivity index (χ3n) is 14.0. The minimum absolute atomic E-state index is 0.0333. The second-order valence-corrected chi connectivity index (χ2v) is 22.0. The average Bonchev–Trinajstić information content (AvgIpc) is 3.67. The number of benzene rings is 1. The van der Waals surface area contributed by atoms with Crippen LogP contribution in [0.4, 0.5) is 0 Å². The molecule has 14 atom stereocenters. The number of carbonyl (C=O) groups excluding carboxylic acids is 12. The van der Waals surface area contributed by atoms with Crippen LogP contribution in [0.3, 0.4) is 0 Å². The lowest BCUT2D eigenvalue weighted by atomic mass is 10.00. The van der Waals surface area contributed by atoms with Crippen LogP contribution in [0.15, 0.2) is 30.3 Å². The maximum Gasteiger partial charge on any atom is 0.309 e. The number of nitrogens with one attached hydrogen (secondary N) is 11. The highest BCUT2D eigenvalue weighted by atomic mass is 16.5. The van der Waals surface area contributed by atoms with Gasteiger partial charge in [-0.3, -0.25) is 57.5 Å². The Morgan fingerprint density at radius 2 is 1.07 bits per heavy atom. The van der Waals surface area contributed by atoms with Gasteiger partial charge in [0, 0.05) is 19.4 Å². The summed E-state index contributed by atoms with van der Waals surface area (Å²) in [6.07, 6.45) is -5.07. The minimum Gasteiger partial charge on any atom is -0.462 e. The number of ether oxygens (including phenoxy) is 1. The first kappa shape index (κ1) is 75.7. The molecule has 2 rings (SSSR count). The zero-order valence-electron chi connectivity index (χ0n) is 50.9. The van der Waals surface area contributed by atoms with Gasteiger partial charge in [0.05, 0.1) is 24.2 Å². The maximum absolute atomic E-state index is 14.5. The van der Waals surface area contributed by atoms with E-state index >= 15 is 0 Å². The summed E-state index contributed by atoms with van der Waals surface area (Å²) in [7, 11) is 0. The number of esters is 1. The van der Waals surface area contributed by atoms with Gasteiger partial charge in [0.1, 0.15) is 60.4 Å². The molecule has 1 heterocycles. The summed E-state index contributed by atoms with van der Waals surface area (Å²) in [6.45, 7) is 9.50. The molecule has 0 aliphatic carbocycles. The summed E-state index contributed by atoms with van der Waals surface area (Å²) in [5.41, 5.74) is 29.9. The van der Waals surface area contributed by atoms with E-state index in [2.05, 4.69) is 58.5 Å². The van der Waals surface area contributed by atoms with E-state index in [-0.39, 0.29) is 90.0 Å². The molecule has 0 saturated carbocycles. The normalized spacial score (nSPS) is 22.9. The van der Waals surface area contributed by atoms with Gasteiger partial charge >= 0.3 is 5.97 Å². The molecule has 31 nitrogen and oxygen atoms in total. The standard InChI is InChI=1S/C56H96N16O15/c1-8-31(5)87-56(86)30(4)27-43(75)63-35(14-20-57)50(80)72-45(33(7)74)55(85)68-38(17-23-60)47(77)67-40-19-25-62-54(84)44(32(6)73)71-51(81)39(18-24-61)65-46(76)36(15-21-58)66-52(82)41(26-29(2)3)69-53(83)42(28-34-12-10-9-11-13-34)70-48(78)37(16-22-59)64-49(40)79/h9-13,29-33,35-42,44-45,73-74H,8,14-28,57-61H2,1-7H3,(H,62,84)(H,63,75)(H,64,79)(H,65,76)(H,66,82)(H,67,77)(H,68,85)(H,69,83)(H,70,78)(H,71,81)(H,72,80)/t30?,31?,32-,33?,35-,36-,37-,38-,39-,40-,41-,42+,44-,45-/m0/s1. The fourth-order valence-corrected chi connectivity index (χ4v) is 8.88. The average molecular weight is 1230 g/mol. The molecule has 0 bridgehead atoms. The highest BCUT2D eigenvalue weighted by Gasteiger charge is 2.38. The van der Waals surface area contributed by atoms with E-state index in [0.29, 0.717) is 12.0 Å². The third-order valence-corrected chi connectivity index (χ3v) is 14.0. The molecular formula is C56H96N16O15. The zero-order valence-corrected chi connectivity index (χ0v) is 50.9. The quantitative estimate of drug-likeness (QED) is 0.0347. The lowest BCUT2D eigenvalue weighted by Gasteiger charge is -2.29. The van der Waals surface area contributed by atoms with Crippen LogP contribution in [-0.4, -0.2) is 199 Å². The molecule has 3 unspecified atom stereocenters. The van der Waals surface area contributed by atoms with E-state index in [1.807, 2.05) is 6.92 Å². The molecule has 0 aromatic heterocycles. The number of rotatable bonds is 28. The minimum atomic E-state index is -1.78. The van der Waals surface area contributed by atoms with Gasteiger partial charge < -0.3 is 102 Å². The van der Waals surface area contributed by atoms with Crippen LogP contribution in [0.25, 0.3) is 0 Å². The molecule has 1 saturated heterocycles. The summed E-state index contributed by atoms with van der Waals surface area (Å²) in [4.78, 5) is 167. The van der Waals surface area contributed by atoms with Crippen molar-refractivity contribution in [3.63, 3.8) is 0 Å². The third kappa shape index (κ3) is 26.6. The summed E-state index contributed by atoms with van der Waals surface area (Å²) in [5, 5.41) is 49.3. The first-order valence-corrected chi connectivity index (χ1v) is 29.6. The predicted octanol–water partition coefficient (Wildman–Crippen LogP) is -6.48. The highest BCUT2D eigenvalue weighted by molar-refractivity contribution is 5.99. The molecule has 1 aromatic carbocycles. The van der Waals surface area contributed by atoms with Crippen LogP contribution in [-0.2, 0) is 68.7 Å². The Hall–Kier alpha value is -7.42. The van der Waals surface area contributed by atoms with E-state index in [1.165, 1.54) is 13.8 Å². The number of amides is 11. The van der Waals surface area contributed by atoms with E-state index in [1.54, 1.807) is 51.1 Å². The first-order valence-electron chi connectivity index (χ1n) is 29.6. The lowest BCUT2D eigenvalue weighted by Crippen LogP contribution is -2.62. The molecular weight excluding hydrogens is 1140 g/mol. The molecule has 11 amide bonds. The number of aliphatic hydroxyl groups excluding tert-OH is 2. The Balaban J connectivity index is 2.68. The Morgan fingerprint density at radius 3 is 1.56 bits per heavy atom. The Morgan fingerprint density at radius 1 is 0.586 bits per heavy atom. The van der Waals surface area contributed by atoms with Crippen LogP contribution >= 0.6 is 0 Å². The second-order valence-electron chi connectivity index (χ2n) is 22.0. The van der Waals surface area contributed by atoms with Crippen molar-refractivity contribution in [2.24, 2.45) is 40.5 Å². The molecule has 1 aromatic rings. The molecule has 1 aliphatic heterocycles. The van der Waals surface area contributed by atoms with Crippen LogP contribution in [0.5, 0.6) is 0 Å². The van der Waals surface area contributed by atoms with Gasteiger partial charge in [0.2, 0.25) is 65.0 Å². The van der Waals surface area contributed by atoms with Gasteiger partial charge in [-0.05, 0) is 116 Å². The van der Waals surface area contributed by atoms with Crippen LogP contribution in [0.1, 0.15) is 112 Å². The van der Waals surface area contributed by atoms with Crippen LogP contribution in [0.2, 0.25) is 0 Å². The monoisotopic (exact) mass is 1230 g/mol. The molecule has 31 heteroatoms. The fourth-order valence-electron chi connectivity index (χ4n) is 8.88. The van der Waals surface area contributed by atoms with Gasteiger partial charge in [0.25, 0.3) is 0 Å². The smallest absolute Gasteiger partial charge is 0.309 e. The van der Waals surface area contributed by atoms with Gasteiger partial charge in [0.15, 0.2) is 0 Å². The van der Waals surface area contributed by atoms with E-state index in [9.17, 15) is 67.7 Å². The fraction of sp³-hybridized carbons (Fsp3) is 0.679. The highest BCUT2D eigenvalue weighted by Crippen LogP contribution is 2.13. The molecule has 490 valence electrons. The molecule has 1 aliphatic rings. The van der Waals surface area contributed by atoms with Gasteiger partial charge in [-0.2, -0.15) is 0 Å². The largest absolute Gasteiger partial charge is 0.462 e. The predicted molar refractivity (Wildman–Crippen MR) is 318 cm³/mol. The second kappa shape index (κ2) is 39.4. The van der Waals surface area contributed by atoms with Gasteiger partial charge in [-0.1, -0.05) is 58.0 Å². The van der Waals surface area contributed by atoms with E-state index in [0.717, 1.165) is 6.92 Å². The maximum atomic E-state index is 14.5. The van der Waals surface area contributed by atoms with Crippen molar-refractivity contribution in [1.29, 1.82) is 0 Å². The molecule has 87 heavy (non-hydrogen) atoms. The molecule has 23 N–H and O–H groups in total. The number of carbonyl (C=O) groups is 12. The Labute approximate surface area is 507 Å². The molecule has 0 spiro atoms. The summed E-state index contributed by atoms with van der Waals surface area (Å²) in [6, 6.07) is -6.73. The Kier molecular flexibility index (Phi) is 34.3. The number of nitrogens with two attached hydrogens (primary N) is 5. The van der Waals surface area contributed by atoms with E-state index in [4.69, 9.17) is 33.4 Å². The summed E-state index contributed by atoms with van der Waals surface area (Å²) in [5.74, 6) is -12.1. The topological polar surface area (TPSA) is 517 Å². The molecule has 1 fully saturated rings. The number of aliphatic hydroxyl groups is 2. The first-order chi connectivity index (χ1) is 41.1. The number of hydrogen-bond acceptors (Lipinski definition) is 20. The van der Waals surface area contributed by atoms with Crippen molar-refractivity contribution in [2.75, 3.05) is 39.3 Å². The lowest BCUT2D eigenvalue weighted by molar-refractivity contribution is -0.154. The SMILES string of the molecule is CCC(C)OC(=O)C(C)CC(=O)N[C@@H](CCN)C(=O)N[C@H](C(=O)N[C@@H](CCN)C(=O)N[C@H]1CCNC(=O)[C@H]([C@H](C)O)NC(=O)[C@H](CCN)NC(=O)[C@H](CCN)NC(=O)[C@H](CC(C)C)NC(=O)[C@@H](Cc2ccccc2)NC(=O)[C@H](CCN)NC1=O)C(C)O. The van der Waals surface area contributed by atoms with Crippen molar-refractivity contribution in [2.45, 2.75) is 191 Å². The van der Waals surface area contributed by atoms with Crippen molar-refractivity contribution in [3.05, 3.63) is 35.9 Å². The van der Waals surface area contributed by atoms with Crippen molar-refractivity contribution < 1.29 is 72.5 Å². The van der Waals surface area contributed by atoms with Crippen molar-refractivity contribution in [3.8, 4) is 0 Å². The number of hydrogen-bond donors (Lipinski definition) is 18. The van der Waals surface area contributed by atoms with Crippen LogP contribution < -0.4 is 87.2 Å². The van der Waals surface area contributed by atoms with Crippen LogP contribution in [0, 0.1) is 11.8 Å².